The first-order valence-corrected chi connectivity index (χ1v) is 6.89. The lowest BCUT2D eigenvalue weighted by Crippen LogP contribution is -2.01. The molecule has 0 unspecified atom stereocenters. The molecule has 2 rings (SSSR count). The molecule has 0 saturated carbocycles. The Kier molecular flexibility index (Phi) is 3.84. The van der Waals surface area contributed by atoms with Crippen molar-refractivity contribution in [3.05, 3.63) is 43.5 Å². The van der Waals surface area contributed by atoms with Gasteiger partial charge in [-0.05, 0) is 50.1 Å². The molecule has 0 bridgehead atoms. The predicted molar refractivity (Wildman–Crippen MR) is 74.6 cm³/mol. The number of hydrogen-bond donors (Lipinski definition) is 1. The predicted octanol–water partition coefficient (Wildman–Crippen LogP) is 3.62. The van der Waals surface area contributed by atoms with E-state index in [-0.39, 0.29) is 0 Å². The van der Waals surface area contributed by atoms with Crippen LogP contribution < -0.4 is 5.73 Å². The van der Waals surface area contributed by atoms with Crippen LogP contribution in [0.15, 0.2) is 37.8 Å². The molecule has 0 amide bonds. The van der Waals surface area contributed by atoms with E-state index in [0.29, 0.717) is 6.54 Å². The molecule has 0 aliphatic rings. The molecule has 2 aromatic rings. The topological polar surface area (TPSA) is 43.8 Å². The smallest absolute Gasteiger partial charge is 0.0930 e. The van der Waals surface area contributed by atoms with E-state index in [1.807, 2.05) is 24.4 Å². The van der Waals surface area contributed by atoms with Crippen LogP contribution in [0.5, 0.6) is 0 Å². The summed E-state index contributed by atoms with van der Waals surface area (Å²) in [7, 11) is 0. The van der Waals surface area contributed by atoms with Crippen molar-refractivity contribution in [2.75, 3.05) is 0 Å². The highest BCUT2D eigenvalue weighted by atomic mass is 79.9. The number of rotatable bonds is 2. The fourth-order valence-corrected chi connectivity index (χ4v) is 3.97. The van der Waals surface area contributed by atoms with Crippen molar-refractivity contribution in [1.82, 2.24) is 9.78 Å². The van der Waals surface area contributed by atoms with E-state index in [4.69, 9.17) is 5.73 Å². The lowest BCUT2D eigenvalue weighted by molar-refractivity contribution is 0.827. The van der Waals surface area contributed by atoms with E-state index >= 15 is 0 Å². The molecule has 84 valence electrons. The molecule has 0 atom stereocenters. The molecule has 1 aromatic carbocycles. The number of aromatic nitrogens is 2. The first kappa shape index (κ1) is 12.3. The molecular weight excluding hydrogens is 402 g/mol. The van der Waals surface area contributed by atoms with E-state index in [0.717, 1.165) is 24.8 Å². The molecule has 1 aromatic heterocycles. The Labute approximate surface area is 118 Å². The van der Waals surface area contributed by atoms with E-state index in [2.05, 4.69) is 52.9 Å². The molecule has 0 radical (unpaired) electrons. The highest BCUT2D eigenvalue weighted by Gasteiger charge is 2.10. The minimum Gasteiger partial charge on any atom is -0.325 e. The molecule has 16 heavy (non-hydrogen) atoms. The first-order chi connectivity index (χ1) is 7.61. The Hall–Kier alpha value is -0.170. The number of halogens is 3. The maximum atomic E-state index is 5.53. The first-order valence-electron chi connectivity index (χ1n) is 4.51. The van der Waals surface area contributed by atoms with Crippen LogP contribution in [0.2, 0.25) is 0 Å². The maximum Gasteiger partial charge on any atom is 0.0930 e. The number of benzene rings is 1. The van der Waals surface area contributed by atoms with Gasteiger partial charge >= 0.3 is 0 Å². The van der Waals surface area contributed by atoms with Crippen LogP contribution in [0.4, 0.5) is 0 Å². The van der Waals surface area contributed by atoms with Gasteiger partial charge in [0.05, 0.1) is 11.4 Å². The Morgan fingerprint density at radius 3 is 2.31 bits per heavy atom. The number of hydrogen-bond acceptors (Lipinski definition) is 2. The fourth-order valence-electron chi connectivity index (χ4n) is 1.35. The summed E-state index contributed by atoms with van der Waals surface area (Å²) in [5.74, 6) is 0. The van der Waals surface area contributed by atoms with Gasteiger partial charge < -0.3 is 5.73 Å². The van der Waals surface area contributed by atoms with Gasteiger partial charge in [-0.25, -0.2) is 4.68 Å². The normalized spacial score (nSPS) is 10.8. The third-order valence-electron chi connectivity index (χ3n) is 2.06. The third kappa shape index (κ3) is 2.40. The molecular formula is C10H8Br3N3. The highest BCUT2D eigenvalue weighted by molar-refractivity contribution is 9.11. The monoisotopic (exact) mass is 407 g/mol. The molecule has 1 heterocycles. The molecule has 0 spiro atoms. The zero-order chi connectivity index (χ0) is 11.7. The highest BCUT2D eigenvalue weighted by Crippen LogP contribution is 2.32. The lowest BCUT2D eigenvalue weighted by atomic mass is 10.3. The van der Waals surface area contributed by atoms with Crippen molar-refractivity contribution in [2.24, 2.45) is 5.73 Å². The molecule has 0 aliphatic heterocycles. The second-order valence-electron chi connectivity index (χ2n) is 3.17. The van der Waals surface area contributed by atoms with E-state index in [1.54, 1.807) is 4.68 Å². The molecule has 2 N–H and O–H groups in total. The Morgan fingerprint density at radius 2 is 1.81 bits per heavy atom. The van der Waals surface area contributed by atoms with Gasteiger partial charge in [0.25, 0.3) is 0 Å². The summed E-state index contributed by atoms with van der Waals surface area (Å²) in [4.78, 5) is 0. The summed E-state index contributed by atoms with van der Waals surface area (Å²) < 4.78 is 4.71. The van der Waals surface area contributed by atoms with Crippen LogP contribution in [-0.2, 0) is 6.54 Å². The van der Waals surface area contributed by atoms with Crippen molar-refractivity contribution in [2.45, 2.75) is 6.54 Å². The molecule has 3 nitrogen and oxygen atoms in total. The van der Waals surface area contributed by atoms with Crippen LogP contribution in [0.1, 0.15) is 5.69 Å². The van der Waals surface area contributed by atoms with Crippen LogP contribution >= 0.6 is 47.8 Å². The fraction of sp³-hybridized carbons (Fsp3) is 0.100. The minimum absolute atomic E-state index is 0.443. The van der Waals surface area contributed by atoms with Gasteiger partial charge in [0.1, 0.15) is 0 Å². The maximum absolute atomic E-state index is 5.53. The minimum atomic E-state index is 0.443. The van der Waals surface area contributed by atoms with Crippen LogP contribution in [0.25, 0.3) is 5.69 Å². The second kappa shape index (κ2) is 5.00. The zero-order valence-corrected chi connectivity index (χ0v) is 12.9. The summed E-state index contributed by atoms with van der Waals surface area (Å²) in [5, 5.41) is 4.37. The Morgan fingerprint density at radius 1 is 1.19 bits per heavy atom. The van der Waals surface area contributed by atoms with E-state index < -0.39 is 0 Å². The summed E-state index contributed by atoms with van der Waals surface area (Å²) in [6.45, 7) is 0.443. The van der Waals surface area contributed by atoms with Crippen LogP contribution in [0, 0.1) is 0 Å². The van der Waals surface area contributed by atoms with Gasteiger partial charge in [-0.1, -0.05) is 15.9 Å². The third-order valence-corrected chi connectivity index (χ3v) is 3.73. The van der Waals surface area contributed by atoms with Crippen molar-refractivity contribution in [3.63, 3.8) is 0 Å². The summed E-state index contributed by atoms with van der Waals surface area (Å²) in [6, 6.07) is 5.86. The van der Waals surface area contributed by atoms with Crippen molar-refractivity contribution in [1.29, 1.82) is 0 Å². The van der Waals surface area contributed by atoms with Gasteiger partial charge in [0.15, 0.2) is 0 Å². The van der Waals surface area contributed by atoms with E-state index in [9.17, 15) is 0 Å². The van der Waals surface area contributed by atoms with Gasteiger partial charge in [0.2, 0.25) is 0 Å². The average molecular weight is 410 g/mol. The van der Waals surface area contributed by atoms with Gasteiger partial charge in [0, 0.05) is 26.2 Å². The van der Waals surface area contributed by atoms with Crippen molar-refractivity contribution >= 4 is 47.8 Å². The molecule has 0 aliphatic carbocycles. The standard InChI is InChI=1S/C10H8Br3N3/c11-6-3-8(12)10(9(13)4-6)16-2-1-7(5-14)15-16/h1-4H,5,14H2. The quantitative estimate of drug-likeness (QED) is 0.823. The largest absolute Gasteiger partial charge is 0.325 e. The van der Waals surface area contributed by atoms with Gasteiger partial charge in [-0.3, -0.25) is 0 Å². The summed E-state index contributed by atoms with van der Waals surface area (Å²) in [6.07, 6.45) is 1.89. The summed E-state index contributed by atoms with van der Waals surface area (Å²) in [5.41, 5.74) is 7.36. The van der Waals surface area contributed by atoms with Gasteiger partial charge in [-0.2, -0.15) is 5.10 Å². The van der Waals surface area contributed by atoms with Crippen LogP contribution in [0.3, 0.4) is 0 Å². The molecule has 0 saturated heterocycles. The van der Waals surface area contributed by atoms with Crippen molar-refractivity contribution in [3.8, 4) is 5.69 Å². The van der Waals surface area contributed by atoms with Crippen LogP contribution in [-0.4, -0.2) is 9.78 Å². The Bertz CT molecular complexity index is 499. The van der Waals surface area contributed by atoms with Crippen molar-refractivity contribution < 1.29 is 0 Å². The second-order valence-corrected chi connectivity index (χ2v) is 5.80. The number of nitrogens with zero attached hydrogens (tertiary/aromatic N) is 2. The SMILES string of the molecule is NCc1ccn(-c2c(Br)cc(Br)cc2Br)n1. The number of nitrogens with two attached hydrogens (primary N) is 1. The Balaban J connectivity index is 2.55. The molecule has 6 heteroatoms. The summed E-state index contributed by atoms with van der Waals surface area (Å²) >= 11 is 10.5. The zero-order valence-electron chi connectivity index (χ0n) is 8.12. The van der Waals surface area contributed by atoms with E-state index in [1.165, 1.54) is 0 Å². The average Bonchev–Trinajstić information content (AvgIpc) is 2.64. The van der Waals surface area contributed by atoms with Gasteiger partial charge in [-0.15, -0.1) is 0 Å². The lowest BCUT2D eigenvalue weighted by Gasteiger charge is -2.08. The molecule has 0 fully saturated rings.